The number of pyridine rings is 1. The summed E-state index contributed by atoms with van der Waals surface area (Å²) >= 11 is 0. The summed E-state index contributed by atoms with van der Waals surface area (Å²) in [7, 11) is 4.09. The second kappa shape index (κ2) is 6.85. The number of unbranched alkanes of at least 4 members (excludes halogenated alkanes) is 1. The molecular formula is C12H19N3O2. The Bertz CT molecular complexity index is 367. The van der Waals surface area contributed by atoms with Crippen LogP contribution in [0, 0.1) is 0 Å². The highest BCUT2D eigenvalue weighted by Crippen LogP contribution is 2.05. The molecule has 0 spiro atoms. The van der Waals surface area contributed by atoms with E-state index in [0.29, 0.717) is 5.82 Å². The lowest BCUT2D eigenvalue weighted by Crippen LogP contribution is -2.14. The first kappa shape index (κ1) is 13.4. The van der Waals surface area contributed by atoms with E-state index in [0.717, 1.165) is 25.9 Å². The summed E-state index contributed by atoms with van der Waals surface area (Å²) < 4.78 is 0. The number of aromatic carboxylic acids is 1. The quantitative estimate of drug-likeness (QED) is 0.704. The Morgan fingerprint density at radius 3 is 2.82 bits per heavy atom. The fraction of sp³-hybridized carbons (Fsp3) is 0.500. The van der Waals surface area contributed by atoms with Gasteiger partial charge < -0.3 is 15.3 Å². The molecule has 0 saturated carbocycles. The van der Waals surface area contributed by atoms with Crippen LogP contribution in [-0.4, -0.2) is 48.1 Å². The van der Waals surface area contributed by atoms with Crippen LogP contribution < -0.4 is 5.32 Å². The minimum absolute atomic E-state index is 0.0725. The van der Waals surface area contributed by atoms with Gasteiger partial charge in [0.15, 0.2) is 5.69 Å². The van der Waals surface area contributed by atoms with E-state index < -0.39 is 5.97 Å². The van der Waals surface area contributed by atoms with Gasteiger partial charge in [-0.05, 0) is 45.6 Å². The maximum Gasteiger partial charge on any atom is 0.354 e. The third-order valence-electron chi connectivity index (χ3n) is 2.31. The van der Waals surface area contributed by atoms with Crippen LogP contribution in [0.2, 0.25) is 0 Å². The van der Waals surface area contributed by atoms with Crippen molar-refractivity contribution in [2.45, 2.75) is 12.8 Å². The average Bonchev–Trinajstić information content (AvgIpc) is 2.28. The molecule has 1 rings (SSSR count). The van der Waals surface area contributed by atoms with Crippen molar-refractivity contribution in [1.29, 1.82) is 0 Å². The Kier molecular flexibility index (Phi) is 5.42. The van der Waals surface area contributed by atoms with Crippen LogP contribution in [0.5, 0.6) is 0 Å². The van der Waals surface area contributed by atoms with E-state index in [-0.39, 0.29) is 5.69 Å². The maximum atomic E-state index is 10.7. The number of rotatable bonds is 7. The van der Waals surface area contributed by atoms with Gasteiger partial charge in [0.05, 0.1) is 0 Å². The highest BCUT2D eigenvalue weighted by atomic mass is 16.4. The second-order valence-electron chi connectivity index (χ2n) is 4.15. The van der Waals surface area contributed by atoms with Gasteiger partial charge in [0.1, 0.15) is 5.82 Å². The number of carboxylic acid groups (broad SMARTS) is 1. The van der Waals surface area contributed by atoms with Crippen molar-refractivity contribution in [3.63, 3.8) is 0 Å². The molecule has 94 valence electrons. The molecule has 5 nitrogen and oxygen atoms in total. The Labute approximate surface area is 101 Å². The lowest BCUT2D eigenvalue weighted by Gasteiger charge is -2.09. The Hall–Kier alpha value is -1.62. The van der Waals surface area contributed by atoms with Gasteiger partial charge in [-0.25, -0.2) is 9.78 Å². The van der Waals surface area contributed by atoms with Crippen LogP contribution in [0.4, 0.5) is 5.82 Å². The molecule has 0 amide bonds. The molecule has 1 heterocycles. The third kappa shape index (κ3) is 5.31. The number of carboxylic acids is 1. The molecule has 5 heteroatoms. The van der Waals surface area contributed by atoms with Gasteiger partial charge in [0, 0.05) is 6.54 Å². The van der Waals surface area contributed by atoms with E-state index in [1.54, 1.807) is 12.1 Å². The van der Waals surface area contributed by atoms with Crippen molar-refractivity contribution < 1.29 is 9.90 Å². The Balaban J connectivity index is 2.31. The molecule has 0 aromatic carbocycles. The smallest absolute Gasteiger partial charge is 0.354 e. The largest absolute Gasteiger partial charge is 0.477 e. The number of hydrogen-bond acceptors (Lipinski definition) is 4. The number of carbonyl (C=O) groups is 1. The highest BCUT2D eigenvalue weighted by molar-refractivity contribution is 5.85. The van der Waals surface area contributed by atoms with Crippen LogP contribution in [0.1, 0.15) is 23.3 Å². The molecular weight excluding hydrogens is 218 g/mol. The van der Waals surface area contributed by atoms with Gasteiger partial charge in [0.25, 0.3) is 0 Å². The molecule has 0 bridgehead atoms. The van der Waals surface area contributed by atoms with Gasteiger partial charge in [0.2, 0.25) is 0 Å². The number of aromatic nitrogens is 1. The van der Waals surface area contributed by atoms with Crippen molar-refractivity contribution in [3.8, 4) is 0 Å². The fourth-order valence-electron chi connectivity index (χ4n) is 1.42. The molecule has 0 fully saturated rings. The summed E-state index contributed by atoms with van der Waals surface area (Å²) in [5.74, 6) is -0.379. The summed E-state index contributed by atoms with van der Waals surface area (Å²) in [6, 6.07) is 4.95. The monoisotopic (exact) mass is 237 g/mol. The summed E-state index contributed by atoms with van der Waals surface area (Å²) in [5, 5.41) is 11.9. The lowest BCUT2D eigenvalue weighted by molar-refractivity contribution is 0.0690. The fourth-order valence-corrected chi connectivity index (χ4v) is 1.42. The van der Waals surface area contributed by atoms with Crippen molar-refractivity contribution >= 4 is 11.8 Å². The third-order valence-corrected chi connectivity index (χ3v) is 2.31. The molecule has 0 aliphatic rings. The maximum absolute atomic E-state index is 10.7. The van der Waals surface area contributed by atoms with Crippen LogP contribution in [0.25, 0.3) is 0 Å². The van der Waals surface area contributed by atoms with Gasteiger partial charge in [-0.15, -0.1) is 0 Å². The van der Waals surface area contributed by atoms with Gasteiger partial charge in [-0.3, -0.25) is 0 Å². The van der Waals surface area contributed by atoms with Crippen LogP contribution in [-0.2, 0) is 0 Å². The van der Waals surface area contributed by atoms with E-state index in [9.17, 15) is 4.79 Å². The van der Waals surface area contributed by atoms with Crippen molar-refractivity contribution in [3.05, 3.63) is 23.9 Å². The van der Waals surface area contributed by atoms with E-state index in [1.807, 2.05) is 14.1 Å². The molecule has 0 aliphatic carbocycles. The van der Waals surface area contributed by atoms with Crippen LogP contribution >= 0.6 is 0 Å². The minimum Gasteiger partial charge on any atom is -0.477 e. The normalized spacial score (nSPS) is 10.5. The molecule has 17 heavy (non-hydrogen) atoms. The predicted molar refractivity (Wildman–Crippen MR) is 67.5 cm³/mol. The van der Waals surface area contributed by atoms with Crippen LogP contribution in [0.3, 0.4) is 0 Å². The molecule has 0 saturated heterocycles. The van der Waals surface area contributed by atoms with Crippen molar-refractivity contribution in [2.75, 3.05) is 32.5 Å². The first-order valence-electron chi connectivity index (χ1n) is 5.68. The average molecular weight is 237 g/mol. The van der Waals surface area contributed by atoms with E-state index in [4.69, 9.17) is 5.11 Å². The lowest BCUT2D eigenvalue weighted by atomic mass is 10.3. The molecule has 2 N–H and O–H groups in total. The number of anilines is 1. The molecule has 1 aromatic heterocycles. The van der Waals surface area contributed by atoms with Crippen molar-refractivity contribution in [2.24, 2.45) is 0 Å². The van der Waals surface area contributed by atoms with E-state index in [2.05, 4.69) is 15.2 Å². The first-order chi connectivity index (χ1) is 8.09. The zero-order valence-corrected chi connectivity index (χ0v) is 10.3. The number of nitrogens with zero attached hydrogens (tertiary/aromatic N) is 2. The molecule has 0 radical (unpaired) electrons. The summed E-state index contributed by atoms with van der Waals surface area (Å²) in [6.07, 6.45) is 2.15. The van der Waals surface area contributed by atoms with Gasteiger partial charge in [-0.1, -0.05) is 6.07 Å². The van der Waals surface area contributed by atoms with E-state index in [1.165, 1.54) is 6.07 Å². The number of hydrogen-bond donors (Lipinski definition) is 2. The molecule has 0 unspecified atom stereocenters. The zero-order chi connectivity index (χ0) is 12.7. The predicted octanol–water partition coefficient (Wildman–Crippen LogP) is 1.53. The van der Waals surface area contributed by atoms with Crippen molar-refractivity contribution in [1.82, 2.24) is 9.88 Å². The molecule has 0 aliphatic heterocycles. The van der Waals surface area contributed by atoms with E-state index >= 15 is 0 Å². The minimum atomic E-state index is -0.999. The van der Waals surface area contributed by atoms with Crippen LogP contribution in [0.15, 0.2) is 18.2 Å². The highest BCUT2D eigenvalue weighted by Gasteiger charge is 2.04. The Morgan fingerprint density at radius 2 is 2.18 bits per heavy atom. The SMILES string of the molecule is CN(C)CCCCNc1cccc(C(=O)O)n1. The Morgan fingerprint density at radius 1 is 1.41 bits per heavy atom. The zero-order valence-electron chi connectivity index (χ0n) is 10.3. The summed E-state index contributed by atoms with van der Waals surface area (Å²) in [6.45, 7) is 1.87. The summed E-state index contributed by atoms with van der Waals surface area (Å²) in [4.78, 5) is 16.8. The summed E-state index contributed by atoms with van der Waals surface area (Å²) in [5.41, 5.74) is 0.0725. The topological polar surface area (TPSA) is 65.5 Å². The number of nitrogens with one attached hydrogen (secondary N) is 1. The first-order valence-corrected chi connectivity index (χ1v) is 5.68. The standard InChI is InChI=1S/C12H19N3O2/c1-15(2)9-4-3-8-13-11-7-5-6-10(14-11)12(16)17/h5-7H,3-4,8-9H2,1-2H3,(H,13,14)(H,16,17). The van der Waals surface area contributed by atoms with Gasteiger partial charge >= 0.3 is 5.97 Å². The second-order valence-corrected chi connectivity index (χ2v) is 4.15. The van der Waals surface area contributed by atoms with Gasteiger partial charge in [-0.2, -0.15) is 0 Å². The molecule has 0 atom stereocenters. The molecule has 1 aromatic rings.